The van der Waals surface area contributed by atoms with Crippen molar-refractivity contribution >= 4 is 28.3 Å². The van der Waals surface area contributed by atoms with E-state index in [0.717, 1.165) is 47.2 Å². The van der Waals surface area contributed by atoms with Crippen LogP contribution in [0.4, 0.5) is 5.82 Å². The van der Waals surface area contributed by atoms with Gasteiger partial charge in [-0.3, -0.25) is 9.79 Å². The van der Waals surface area contributed by atoms with Gasteiger partial charge in [0.2, 0.25) is 0 Å². The van der Waals surface area contributed by atoms with Crippen molar-refractivity contribution in [2.24, 2.45) is 4.99 Å². The Morgan fingerprint density at radius 3 is 2.53 bits per heavy atom. The van der Waals surface area contributed by atoms with E-state index in [1.165, 1.54) is 19.3 Å². The molecule has 1 amide bonds. The summed E-state index contributed by atoms with van der Waals surface area (Å²) in [5.41, 5.74) is 3.28. The number of para-hydroxylation sites is 1. The summed E-state index contributed by atoms with van der Waals surface area (Å²) in [4.78, 5) is 26.8. The molecule has 1 saturated carbocycles. The average Bonchev–Trinajstić information content (AvgIpc) is 2.85. The molecular formula is C26H27N5O. The van der Waals surface area contributed by atoms with Crippen LogP contribution < -0.4 is 10.6 Å². The van der Waals surface area contributed by atoms with E-state index in [1.54, 1.807) is 0 Å². The maximum absolute atomic E-state index is 12.8. The SMILES string of the molecule is O=C(NC1CCCCC1)C1=NCCC(Nc2nc(-c3ccccc3)nc3ccccc23)=C1. The minimum Gasteiger partial charge on any atom is -0.348 e. The van der Waals surface area contributed by atoms with Crippen LogP contribution in [0.1, 0.15) is 38.5 Å². The van der Waals surface area contributed by atoms with Crippen LogP contribution in [0.2, 0.25) is 0 Å². The average molecular weight is 426 g/mol. The Morgan fingerprint density at radius 1 is 0.906 bits per heavy atom. The lowest BCUT2D eigenvalue weighted by Gasteiger charge is -2.23. The minimum atomic E-state index is -0.0755. The monoisotopic (exact) mass is 425 g/mol. The third-order valence-electron chi connectivity index (χ3n) is 6.06. The van der Waals surface area contributed by atoms with E-state index in [0.29, 0.717) is 18.1 Å². The highest BCUT2D eigenvalue weighted by atomic mass is 16.1. The molecule has 2 N–H and O–H groups in total. The predicted molar refractivity (Wildman–Crippen MR) is 129 cm³/mol. The van der Waals surface area contributed by atoms with E-state index in [9.17, 15) is 4.79 Å². The number of hydrogen-bond acceptors (Lipinski definition) is 5. The highest BCUT2D eigenvalue weighted by Crippen LogP contribution is 2.26. The molecule has 0 spiro atoms. The van der Waals surface area contributed by atoms with Crippen LogP contribution in [0, 0.1) is 0 Å². The van der Waals surface area contributed by atoms with Gasteiger partial charge in [0.05, 0.1) is 5.52 Å². The van der Waals surface area contributed by atoms with Gasteiger partial charge in [0, 0.05) is 35.7 Å². The Morgan fingerprint density at radius 2 is 1.69 bits per heavy atom. The molecular weight excluding hydrogens is 398 g/mol. The zero-order valence-corrected chi connectivity index (χ0v) is 18.1. The fourth-order valence-corrected chi connectivity index (χ4v) is 4.36. The van der Waals surface area contributed by atoms with Crippen LogP contribution in [0.15, 0.2) is 71.4 Å². The Kier molecular flexibility index (Phi) is 5.92. The molecule has 2 aliphatic rings. The summed E-state index contributed by atoms with van der Waals surface area (Å²) in [5, 5.41) is 7.59. The maximum atomic E-state index is 12.8. The highest BCUT2D eigenvalue weighted by molar-refractivity contribution is 6.43. The van der Waals surface area contributed by atoms with Crippen molar-refractivity contribution in [3.63, 3.8) is 0 Å². The van der Waals surface area contributed by atoms with Crippen molar-refractivity contribution in [1.82, 2.24) is 15.3 Å². The number of nitrogens with one attached hydrogen (secondary N) is 2. The van der Waals surface area contributed by atoms with Crippen LogP contribution in [0.25, 0.3) is 22.3 Å². The van der Waals surface area contributed by atoms with Gasteiger partial charge in [0.15, 0.2) is 5.82 Å². The van der Waals surface area contributed by atoms with Crippen molar-refractivity contribution in [1.29, 1.82) is 0 Å². The number of dihydropyridines is 1. The van der Waals surface area contributed by atoms with Gasteiger partial charge >= 0.3 is 0 Å². The van der Waals surface area contributed by atoms with E-state index in [1.807, 2.05) is 60.7 Å². The number of hydrogen-bond donors (Lipinski definition) is 2. The summed E-state index contributed by atoms with van der Waals surface area (Å²) < 4.78 is 0. The van der Waals surface area contributed by atoms with Gasteiger partial charge in [0.1, 0.15) is 11.5 Å². The van der Waals surface area contributed by atoms with Crippen molar-refractivity contribution < 1.29 is 4.79 Å². The number of nitrogens with zero attached hydrogens (tertiary/aromatic N) is 3. The summed E-state index contributed by atoms with van der Waals surface area (Å²) in [5.74, 6) is 1.34. The molecule has 3 aromatic rings. The van der Waals surface area contributed by atoms with Crippen LogP contribution in [-0.4, -0.2) is 34.2 Å². The van der Waals surface area contributed by atoms with Gasteiger partial charge in [-0.2, -0.15) is 0 Å². The predicted octanol–water partition coefficient (Wildman–Crippen LogP) is 4.89. The zero-order valence-electron chi connectivity index (χ0n) is 18.1. The third-order valence-corrected chi connectivity index (χ3v) is 6.06. The van der Waals surface area contributed by atoms with Crippen molar-refractivity contribution in [2.75, 3.05) is 11.9 Å². The van der Waals surface area contributed by atoms with E-state index < -0.39 is 0 Å². The Labute approximate surface area is 187 Å². The quantitative estimate of drug-likeness (QED) is 0.610. The lowest BCUT2D eigenvalue weighted by Crippen LogP contribution is -2.40. The Hall–Kier alpha value is -3.54. The number of benzene rings is 2. The molecule has 0 bridgehead atoms. The molecule has 1 fully saturated rings. The topological polar surface area (TPSA) is 79.3 Å². The third kappa shape index (κ3) is 4.54. The van der Waals surface area contributed by atoms with Gasteiger partial charge in [-0.1, -0.05) is 61.7 Å². The second-order valence-electron chi connectivity index (χ2n) is 8.40. The summed E-state index contributed by atoms with van der Waals surface area (Å²) in [6, 6.07) is 18.2. The molecule has 6 nitrogen and oxygen atoms in total. The number of aliphatic imine (C=N–C) groups is 1. The molecule has 1 aromatic heterocycles. The van der Waals surface area contributed by atoms with Gasteiger partial charge in [0.25, 0.3) is 5.91 Å². The molecule has 162 valence electrons. The van der Waals surface area contributed by atoms with Gasteiger partial charge in [-0.25, -0.2) is 9.97 Å². The second kappa shape index (κ2) is 9.30. The molecule has 0 atom stereocenters. The number of aromatic nitrogens is 2. The van der Waals surface area contributed by atoms with E-state index in [4.69, 9.17) is 9.97 Å². The summed E-state index contributed by atoms with van der Waals surface area (Å²) in [6.45, 7) is 0.584. The second-order valence-corrected chi connectivity index (χ2v) is 8.40. The zero-order chi connectivity index (χ0) is 21.8. The van der Waals surface area contributed by atoms with Crippen molar-refractivity contribution in [3.05, 3.63) is 66.4 Å². The van der Waals surface area contributed by atoms with E-state index in [2.05, 4.69) is 15.6 Å². The van der Waals surface area contributed by atoms with E-state index in [-0.39, 0.29) is 11.9 Å². The van der Waals surface area contributed by atoms with Crippen molar-refractivity contribution in [3.8, 4) is 11.4 Å². The molecule has 0 unspecified atom stereocenters. The Bertz CT molecular complexity index is 1180. The summed E-state index contributed by atoms with van der Waals surface area (Å²) in [6.07, 6.45) is 8.35. The van der Waals surface area contributed by atoms with Gasteiger partial charge in [-0.15, -0.1) is 0 Å². The lowest BCUT2D eigenvalue weighted by molar-refractivity contribution is -0.115. The van der Waals surface area contributed by atoms with Crippen LogP contribution in [-0.2, 0) is 4.79 Å². The lowest BCUT2D eigenvalue weighted by atomic mass is 9.95. The number of carbonyl (C=O) groups excluding carboxylic acids is 1. The highest BCUT2D eigenvalue weighted by Gasteiger charge is 2.20. The normalized spacial score (nSPS) is 16.9. The fourth-order valence-electron chi connectivity index (χ4n) is 4.36. The molecule has 5 rings (SSSR count). The molecule has 2 heterocycles. The molecule has 0 saturated heterocycles. The number of rotatable bonds is 5. The standard InChI is InChI=1S/C26H27N5O/c32-26(29-19-11-5-2-6-12-19)23-17-20(15-16-27-23)28-25-21-13-7-8-14-22(21)30-24(31-25)18-9-3-1-4-10-18/h1,3-4,7-10,13-14,17,19H,2,5-6,11-12,15-16H2,(H,29,32)(H,28,30,31). The smallest absolute Gasteiger partial charge is 0.269 e. The number of fused-ring (bicyclic) bond motifs is 1. The number of anilines is 1. The van der Waals surface area contributed by atoms with Crippen molar-refractivity contribution in [2.45, 2.75) is 44.6 Å². The maximum Gasteiger partial charge on any atom is 0.269 e. The first-order valence-corrected chi connectivity index (χ1v) is 11.4. The van der Waals surface area contributed by atoms with Gasteiger partial charge in [-0.05, 0) is 31.1 Å². The Balaban J connectivity index is 1.41. The molecule has 1 aliphatic heterocycles. The largest absolute Gasteiger partial charge is 0.348 e. The molecule has 2 aromatic carbocycles. The van der Waals surface area contributed by atoms with Gasteiger partial charge < -0.3 is 10.6 Å². The van der Waals surface area contributed by atoms with Crippen LogP contribution in [0.3, 0.4) is 0 Å². The molecule has 32 heavy (non-hydrogen) atoms. The first-order chi connectivity index (χ1) is 15.8. The van der Waals surface area contributed by atoms with E-state index >= 15 is 0 Å². The fraction of sp³-hybridized carbons (Fsp3) is 0.308. The number of amides is 1. The first-order valence-electron chi connectivity index (χ1n) is 11.4. The molecule has 6 heteroatoms. The molecule has 1 aliphatic carbocycles. The van der Waals surface area contributed by atoms with Crippen LogP contribution >= 0.6 is 0 Å². The molecule has 0 radical (unpaired) electrons. The number of carbonyl (C=O) groups is 1. The summed E-state index contributed by atoms with van der Waals surface area (Å²) >= 11 is 0. The van der Waals surface area contributed by atoms with Crippen LogP contribution in [0.5, 0.6) is 0 Å². The summed E-state index contributed by atoms with van der Waals surface area (Å²) in [7, 11) is 0. The first kappa shape index (κ1) is 20.4. The minimum absolute atomic E-state index is 0.0755.